The molecule has 6 heterocycles. The second-order valence-corrected chi connectivity index (χ2v) is 20.7. The van der Waals surface area contributed by atoms with E-state index in [9.17, 15) is 0 Å². The molecular weight excluding hydrogens is 937 g/mol. The number of pyridine rings is 3. The number of hydrogen-bond acceptors (Lipinski definition) is 12. The Kier molecular flexibility index (Phi) is 18.8. The summed E-state index contributed by atoms with van der Waals surface area (Å²) in [6.45, 7) is 11.0. The predicted molar refractivity (Wildman–Crippen MR) is 314 cm³/mol. The molecule has 0 amide bonds. The minimum Gasteiger partial charge on any atom is -0.367 e. The quantitative estimate of drug-likeness (QED) is 0.113. The fourth-order valence-corrected chi connectivity index (χ4v) is 10.9. The van der Waals surface area contributed by atoms with Gasteiger partial charge in [-0.1, -0.05) is 96.7 Å². The Balaban J connectivity index is 0.000000137. The lowest BCUT2D eigenvalue weighted by atomic mass is 9.83. The number of rotatable bonds is 11. The fraction of sp³-hybridized carbons (Fsp3) is 0.391. The van der Waals surface area contributed by atoms with Gasteiger partial charge >= 0.3 is 0 Å². The number of nitrogens with zero attached hydrogens (tertiary/aromatic N) is 9. The number of para-hydroxylation sites is 3. The van der Waals surface area contributed by atoms with Crippen LogP contribution in [0.25, 0.3) is 66.9 Å². The largest absolute Gasteiger partial charge is 0.367 e. The van der Waals surface area contributed by atoms with Gasteiger partial charge in [0.1, 0.15) is 17.5 Å². The topological polar surface area (TPSA) is 152 Å². The molecule has 2 unspecified atom stereocenters. The van der Waals surface area contributed by atoms with Gasteiger partial charge in [0.05, 0.1) is 16.6 Å². The molecule has 2 atom stereocenters. The minimum absolute atomic E-state index is 0.485. The van der Waals surface area contributed by atoms with Gasteiger partial charge in [0.15, 0.2) is 17.5 Å². The summed E-state index contributed by atoms with van der Waals surface area (Å²) in [5.41, 5.74) is 5.76. The number of aromatic nitrogens is 9. The highest BCUT2D eigenvalue weighted by Gasteiger charge is 2.25. The summed E-state index contributed by atoms with van der Waals surface area (Å²) >= 11 is 0. The van der Waals surface area contributed by atoms with Gasteiger partial charge in [0.25, 0.3) is 0 Å². The molecule has 76 heavy (non-hydrogen) atoms. The molecule has 3 aliphatic rings. The molecule has 0 saturated heterocycles. The molecule has 12 nitrogen and oxygen atoms in total. The molecule has 6 aromatic heterocycles. The van der Waals surface area contributed by atoms with Crippen molar-refractivity contribution in [2.75, 3.05) is 16.0 Å². The van der Waals surface area contributed by atoms with Gasteiger partial charge in [-0.2, -0.15) is 0 Å². The third-order valence-corrected chi connectivity index (χ3v) is 15.2. The van der Waals surface area contributed by atoms with Crippen LogP contribution in [0.1, 0.15) is 125 Å². The summed E-state index contributed by atoms with van der Waals surface area (Å²) in [7, 11) is 0. The lowest BCUT2D eigenvalue weighted by molar-refractivity contribution is 0.318. The molecule has 0 aliphatic heterocycles. The Labute approximate surface area is 450 Å². The van der Waals surface area contributed by atoms with Crippen LogP contribution in [-0.4, -0.2) is 63.0 Å². The van der Waals surface area contributed by atoms with Crippen molar-refractivity contribution in [2.24, 2.45) is 17.8 Å². The molecule has 3 saturated carbocycles. The number of anilines is 3. The highest BCUT2D eigenvalue weighted by Crippen LogP contribution is 2.34. The lowest BCUT2D eigenvalue weighted by Crippen LogP contribution is -2.30. The van der Waals surface area contributed by atoms with Crippen LogP contribution in [0, 0.1) is 17.8 Å². The Morgan fingerprint density at radius 1 is 0.421 bits per heavy atom. The summed E-state index contributed by atoms with van der Waals surface area (Å²) in [4.78, 5) is 41.3. The van der Waals surface area contributed by atoms with Crippen LogP contribution in [0.4, 0.5) is 17.5 Å². The number of hydrogen-bond donors (Lipinski definition) is 3. The molecule has 3 fully saturated rings. The summed E-state index contributed by atoms with van der Waals surface area (Å²) in [6.07, 6.45) is 28.7. The van der Waals surface area contributed by atoms with Crippen molar-refractivity contribution >= 4 is 50.2 Å². The SMILES string of the molecule is CC.CC1CCC(Nc2nc(-c3cccnc3)nc3ccccc23)CC1.CC1CCCCC1Nc1nc(-c2cccnc2)nc2ccccc12.CCCC1CCC(Nc2nc(-c3cccnc3)nc3ccccc23)CC1. The van der Waals surface area contributed by atoms with Crippen molar-refractivity contribution in [1.29, 1.82) is 0 Å². The highest BCUT2D eigenvalue weighted by atomic mass is 15.1. The number of benzene rings is 3. The standard InChI is InChI=1S/C22H26N4.2C20H22N4.C2H6/c1-2-6-16-10-12-18(13-11-16)24-22-19-8-3-4-9-20(19)25-21(26-22)17-7-5-14-23-15-17;1-14-7-2-4-10-17(14)22-20-16-9-3-5-11-18(16)23-19(24-20)15-8-6-12-21-13-15;1-14-8-10-16(11-9-14)22-20-17-6-2-3-7-18(17)23-19(24-20)15-5-4-12-21-13-15;1-2/h3-5,7-9,14-16,18H,2,6,10-13H2,1H3,(H,24,25,26);3,5-6,8-9,11-14,17H,2,4,7,10H2,1H3,(H,22,23,24);2-7,12-14,16H,8-11H2,1H3,(H,22,23,24);1-2H3. The van der Waals surface area contributed by atoms with Crippen LogP contribution < -0.4 is 16.0 Å². The molecule has 392 valence electrons. The van der Waals surface area contributed by atoms with E-state index in [1.807, 2.05) is 111 Å². The fourth-order valence-electron chi connectivity index (χ4n) is 10.9. The van der Waals surface area contributed by atoms with Crippen LogP contribution in [-0.2, 0) is 0 Å². The maximum Gasteiger partial charge on any atom is 0.163 e. The Hall–Kier alpha value is -7.47. The molecule has 3 aliphatic carbocycles. The first-order valence-electron chi connectivity index (χ1n) is 28.2. The molecule has 3 N–H and O–H groups in total. The lowest BCUT2D eigenvalue weighted by Gasteiger charge is -2.30. The second-order valence-electron chi connectivity index (χ2n) is 20.7. The van der Waals surface area contributed by atoms with Crippen LogP contribution in [0.5, 0.6) is 0 Å². The zero-order valence-corrected chi connectivity index (χ0v) is 45.2. The Morgan fingerprint density at radius 3 is 1.21 bits per heavy atom. The van der Waals surface area contributed by atoms with Crippen molar-refractivity contribution in [2.45, 2.75) is 143 Å². The van der Waals surface area contributed by atoms with Crippen molar-refractivity contribution in [3.05, 3.63) is 146 Å². The van der Waals surface area contributed by atoms with Gasteiger partial charge in [-0.25, -0.2) is 29.9 Å². The van der Waals surface area contributed by atoms with Gasteiger partial charge in [0, 0.05) is 88.2 Å². The third-order valence-electron chi connectivity index (χ3n) is 15.2. The minimum atomic E-state index is 0.485. The summed E-state index contributed by atoms with van der Waals surface area (Å²) in [6, 6.07) is 37.9. The van der Waals surface area contributed by atoms with Gasteiger partial charge in [-0.05, 0) is 155 Å². The summed E-state index contributed by atoms with van der Waals surface area (Å²) in [5, 5.41) is 14.4. The van der Waals surface area contributed by atoms with Crippen molar-refractivity contribution in [3.8, 4) is 34.2 Å². The van der Waals surface area contributed by atoms with E-state index in [4.69, 9.17) is 29.9 Å². The van der Waals surface area contributed by atoms with Crippen molar-refractivity contribution in [1.82, 2.24) is 44.9 Å². The maximum atomic E-state index is 4.86. The molecular formula is C64H76N12. The molecule has 12 heteroatoms. The van der Waals surface area contributed by atoms with E-state index < -0.39 is 0 Å². The third kappa shape index (κ3) is 13.9. The average Bonchev–Trinajstić information content (AvgIpc) is 3.49. The van der Waals surface area contributed by atoms with Gasteiger partial charge in [0.2, 0.25) is 0 Å². The molecule has 0 bridgehead atoms. The number of nitrogens with one attached hydrogen (secondary N) is 3. The van der Waals surface area contributed by atoms with E-state index >= 15 is 0 Å². The monoisotopic (exact) mass is 1010 g/mol. The predicted octanol–water partition coefficient (Wildman–Crippen LogP) is 15.9. The number of fused-ring (bicyclic) bond motifs is 3. The van der Waals surface area contributed by atoms with E-state index in [0.717, 1.165) is 96.2 Å². The second kappa shape index (κ2) is 26.8. The van der Waals surface area contributed by atoms with Gasteiger partial charge in [-0.3, -0.25) is 15.0 Å². The summed E-state index contributed by atoms with van der Waals surface area (Å²) in [5.74, 6) is 7.46. The highest BCUT2D eigenvalue weighted by molar-refractivity contribution is 5.92. The van der Waals surface area contributed by atoms with E-state index in [2.05, 4.69) is 82.0 Å². The van der Waals surface area contributed by atoms with Crippen LogP contribution >= 0.6 is 0 Å². The van der Waals surface area contributed by atoms with Crippen LogP contribution in [0.2, 0.25) is 0 Å². The maximum absolute atomic E-state index is 4.86. The zero-order chi connectivity index (χ0) is 52.5. The molecule has 0 spiro atoms. The normalized spacial score (nSPS) is 20.2. The first kappa shape index (κ1) is 53.4. The first-order valence-corrected chi connectivity index (χ1v) is 28.2. The van der Waals surface area contributed by atoms with E-state index in [1.54, 1.807) is 18.6 Å². The van der Waals surface area contributed by atoms with Crippen LogP contribution in [0.3, 0.4) is 0 Å². The molecule has 9 aromatic rings. The zero-order valence-electron chi connectivity index (χ0n) is 45.2. The Bertz CT molecular complexity index is 3190. The average molecular weight is 1010 g/mol. The smallest absolute Gasteiger partial charge is 0.163 e. The van der Waals surface area contributed by atoms with E-state index in [1.165, 1.54) is 89.9 Å². The first-order chi connectivity index (χ1) is 37.4. The van der Waals surface area contributed by atoms with Gasteiger partial charge in [-0.15, -0.1) is 0 Å². The molecule has 3 aromatic carbocycles. The molecule has 0 radical (unpaired) electrons. The molecule has 12 rings (SSSR count). The summed E-state index contributed by atoms with van der Waals surface area (Å²) < 4.78 is 0. The van der Waals surface area contributed by atoms with Crippen molar-refractivity contribution < 1.29 is 0 Å². The van der Waals surface area contributed by atoms with Crippen LogP contribution in [0.15, 0.2) is 146 Å². The van der Waals surface area contributed by atoms with E-state index in [0.29, 0.717) is 24.0 Å². The van der Waals surface area contributed by atoms with E-state index in [-0.39, 0.29) is 0 Å². The van der Waals surface area contributed by atoms with Gasteiger partial charge < -0.3 is 16.0 Å². The van der Waals surface area contributed by atoms with Crippen molar-refractivity contribution in [3.63, 3.8) is 0 Å². The Morgan fingerprint density at radius 2 is 0.816 bits per heavy atom.